The van der Waals surface area contributed by atoms with Crippen LogP contribution >= 0.6 is 0 Å². The molecule has 0 aromatic heterocycles. The maximum absolute atomic E-state index is 5.21. The van der Waals surface area contributed by atoms with Crippen molar-refractivity contribution in [3.8, 4) is 11.1 Å². The Balaban J connectivity index is 1.93. The minimum atomic E-state index is -0.159. The van der Waals surface area contributed by atoms with Crippen LogP contribution in [0.2, 0.25) is 0 Å². The monoisotopic (exact) mass is 300 g/mol. The Morgan fingerprint density at radius 2 is 1.78 bits per heavy atom. The van der Waals surface area contributed by atoms with Gasteiger partial charge in [0.15, 0.2) is 0 Å². The van der Waals surface area contributed by atoms with E-state index in [-0.39, 0.29) is 11.0 Å². The molecule has 0 spiro atoms. The molecule has 5 rings (SSSR count). The summed E-state index contributed by atoms with van der Waals surface area (Å²) in [6.07, 6.45) is 0. The Hall–Kier alpha value is -2.35. The molecular weight excluding hydrogens is 280 g/mol. The van der Waals surface area contributed by atoms with E-state index in [9.17, 15) is 0 Å². The average Bonchev–Trinajstić information content (AvgIpc) is 3.02. The molecule has 0 N–H and O–H groups in total. The van der Waals surface area contributed by atoms with Crippen LogP contribution in [0.25, 0.3) is 11.1 Å². The van der Waals surface area contributed by atoms with Gasteiger partial charge in [-0.1, -0.05) is 43.0 Å². The Kier molecular flexibility index (Phi) is 2.14. The highest BCUT2D eigenvalue weighted by molar-refractivity contribution is 6.21. The minimum Gasteiger partial charge on any atom is -0.326 e. The highest BCUT2D eigenvalue weighted by Gasteiger charge is 2.69. The largest absolute Gasteiger partial charge is 0.326 e. The van der Waals surface area contributed by atoms with Gasteiger partial charge in [-0.2, -0.15) is 0 Å². The van der Waals surface area contributed by atoms with Crippen LogP contribution in [0.5, 0.6) is 0 Å². The summed E-state index contributed by atoms with van der Waals surface area (Å²) in [7, 11) is 0. The van der Waals surface area contributed by atoms with Crippen molar-refractivity contribution in [2.75, 3.05) is 11.4 Å². The summed E-state index contributed by atoms with van der Waals surface area (Å²) in [6, 6.07) is 15.4. The number of hydrogen-bond donors (Lipinski definition) is 0. The van der Waals surface area contributed by atoms with E-state index in [2.05, 4.69) is 74.7 Å². The molecule has 2 aromatic carbocycles. The number of nitrogens with zero attached hydrogens (tertiary/aromatic N) is 2. The quantitative estimate of drug-likeness (QED) is 0.706. The van der Waals surface area contributed by atoms with Gasteiger partial charge in [-0.3, -0.25) is 4.99 Å². The standard InChI is InChI=1S/C21H20N2/c1-5-23-17-12-7-6-9-14(17)15-10-8-11-16-18(15)19(23)22-21(4)13(2)20(16,21)3/h6-12H,2,5H2,1,3-4H3. The highest BCUT2D eigenvalue weighted by atomic mass is 15.2. The van der Waals surface area contributed by atoms with Gasteiger partial charge in [0.25, 0.3) is 0 Å². The number of amidine groups is 1. The van der Waals surface area contributed by atoms with Gasteiger partial charge in [0.2, 0.25) is 0 Å². The Morgan fingerprint density at radius 3 is 2.57 bits per heavy atom. The maximum atomic E-state index is 5.21. The second-order valence-corrected chi connectivity index (χ2v) is 7.10. The fourth-order valence-corrected chi connectivity index (χ4v) is 4.63. The zero-order chi connectivity index (χ0) is 16.0. The Bertz CT molecular complexity index is 923. The summed E-state index contributed by atoms with van der Waals surface area (Å²) in [6.45, 7) is 12.0. The molecule has 0 bridgehead atoms. The predicted octanol–water partition coefficient (Wildman–Crippen LogP) is 4.54. The summed E-state index contributed by atoms with van der Waals surface area (Å²) in [4.78, 5) is 7.57. The number of benzene rings is 2. The Morgan fingerprint density at radius 1 is 1.04 bits per heavy atom. The lowest BCUT2D eigenvalue weighted by Gasteiger charge is -2.38. The van der Waals surface area contributed by atoms with Crippen molar-refractivity contribution >= 4 is 11.5 Å². The van der Waals surface area contributed by atoms with E-state index < -0.39 is 0 Å². The van der Waals surface area contributed by atoms with Crippen molar-refractivity contribution in [3.05, 3.63) is 65.7 Å². The van der Waals surface area contributed by atoms with Gasteiger partial charge in [-0.25, -0.2) is 0 Å². The lowest BCUT2D eigenvalue weighted by atomic mass is 9.80. The second-order valence-electron chi connectivity index (χ2n) is 7.10. The molecule has 2 nitrogen and oxygen atoms in total. The van der Waals surface area contributed by atoms with Crippen LogP contribution in [-0.4, -0.2) is 17.9 Å². The highest BCUT2D eigenvalue weighted by Crippen LogP contribution is 2.67. The van der Waals surface area contributed by atoms with Crippen LogP contribution in [0.4, 0.5) is 5.69 Å². The molecule has 3 aliphatic rings. The lowest BCUT2D eigenvalue weighted by molar-refractivity contribution is 0.600. The van der Waals surface area contributed by atoms with Crippen molar-refractivity contribution in [2.24, 2.45) is 4.99 Å². The van der Waals surface area contributed by atoms with Crippen LogP contribution in [0.3, 0.4) is 0 Å². The summed E-state index contributed by atoms with van der Waals surface area (Å²) < 4.78 is 0. The third-order valence-electron chi connectivity index (χ3n) is 6.32. The first kappa shape index (κ1) is 13.1. The third-order valence-corrected chi connectivity index (χ3v) is 6.32. The van der Waals surface area contributed by atoms with E-state index in [1.165, 1.54) is 33.5 Å². The number of para-hydroxylation sites is 1. The molecule has 0 amide bonds. The number of fused-ring (bicyclic) bond motifs is 4. The fraction of sp³-hybridized carbons (Fsp3) is 0.286. The molecule has 1 saturated carbocycles. The van der Waals surface area contributed by atoms with Crippen molar-refractivity contribution in [1.29, 1.82) is 0 Å². The number of aliphatic imine (C=N–C) groups is 1. The van der Waals surface area contributed by atoms with Gasteiger partial charge < -0.3 is 4.90 Å². The topological polar surface area (TPSA) is 15.6 Å². The number of hydrogen-bond acceptors (Lipinski definition) is 2. The first-order chi connectivity index (χ1) is 11.0. The molecule has 114 valence electrons. The van der Waals surface area contributed by atoms with Gasteiger partial charge in [0, 0.05) is 23.1 Å². The maximum Gasteiger partial charge on any atom is 0.137 e. The first-order valence-electron chi connectivity index (χ1n) is 8.34. The van der Waals surface area contributed by atoms with E-state index in [1.54, 1.807) is 0 Å². The smallest absolute Gasteiger partial charge is 0.137 e. The second kappa shape index (κ2) is 3.76. The molecule has 2 unspecified atom stereocenters. The molecule has 2 aliphatic heterocycles. The van der Waals surface area contributed by atoms with Crippen molar-refractivity contribution in [1.82, 2.24) is 0 Å². The summed E-state index contributed by atoms with van der Waals surface area (Å²) in [5, 5.41) is 0. The zero-order valence-corrected chi connectivity index (χ0v) is 13.9. The lowest BCUT2D eigenvalue weighted by Crippen LogP contribution is -2.40. The van der Waals surface area contributed by atoms with Crippen molar-refractivity contribution < 1.29 is 0 Å². The normalized spacial score (nSPS) is 29.4. The molecule has 2 heterocycles. The SMILES string of the molecule is C=C1C2(C)N=C3c4c(cccc4C12C)-c1ccccc1N3CC. The number of rotatable bonds is 1. The fourth-order valence-electron chi connectivity index (χ4n) is 4.63. The van der Waals surface area contributed by atoms with Crippen molar-refractivity contribution in [3.63, 3.8) is 0 Å². The summed E-state index contributed by atoms with van der Waals surface area (Å²) in [5.41, 5.74) is 7.64. The van der Waals surface area contributed by atoms with E-state index in [1.807, 2.05) is 0 Å². The Labute approximate surface area is 137 Å². The van der Waals surface area contributed by atoms with E-state index in [0.29, 0.717) is 0 Å². The molecule has 2 aromatic rings. The molecule has 2 heteroatoms. The first-order valence-corrected chi connectivity index (χ1v) is 8.34. The minimum absolute atomic E-state index is 0.0203. The molecule has 2 atom stereocenters. The molecular formula is C21H20N2. The van der Waals surface area contributed by atoms with Gasteiger partial charge in [0.05, 0.1) is 11.2 Å². The van der Waals surface area contributed by atoms with Crippen molar-refractivity contribution in [2.45, 2.75) is 31.7 Å². The summed E-state index contributed by atoms with van der Waals surface area (Å²) >= 11 is 0. The summed E-state index contributed by atoms with van der Waals surface area (Å²) in [5.74, 6) is 1.12. The van der Waals surface area contributed by atoms with E-state index in [0.717, 1.165) is 12.4 Å². The molecule has 1 fully saturated rings. The van der Waals surface area contributed by atoms with Crippen LogP contribution in [0.15, 0.2) is 59.6 Å². The van der Waals surface area contributed by atoms with Crippen LogP contribution in [0.1, 0.15) is 31.9 Å². The third kappa shape index (κ3) is 1.23. The molecule has 23 heavy (non-hydrogen) atoms. The molecule has 1 aliphatic carbocycles. The van der Waals surface area contributed by atoms with Gasteiger partial charge >= 0.3 is 0 Å². The molecule has 0 saturated heterocycles. The zero-order valence-electron chi connectivity index (χ0n) is 13.9. The van der Waals surface area contributed by atoms with Crippen LogP contribution < -0.4 is 4.90 Å². The van der Waals surface area contributed by atoms with E-state index >= 15 is 0 Å². The van der Waals surface area contributed by atoms with Crippen LogP contribution in [-0.2, 0) is 5.41 Å². The number of anilines is 1. The van der Waals surface area contributed by atoms with Crippen LogP contribution in [0, 0.1) is 0 Å². The van der Waals surface area contributed by atoms with E-state index in [4.69, 9.17) is 4.99 Å². The molecule has 0 radical (unpaired) electrons. The predicted molar refractivity (Wildman–Crippen MR) is 96.3 cm³/mol. The average molecular weight is 300 g/mol. The van der Waals surface area contributed by atoms with Gasteiger partial charge in [0.1, 0.15) is 5.84 Å². The van der Waals surface area contributed by atoms with Gasteiger partial charge in [-0.05, 0) is 43.5 Å². The van der Waals surface area contributed by atoms with Gasteiger partial charge in [-0.15, -0.1) is 0 Å².